The van der Waals surface area contributed by atoms with Gasteiger partial charge in [-0.25, -0.2) is 9.78 Å². The zero-order chi connectivity index (χ0) is 17.9. The predicted molar refractivity (Wildman–Crippen MR) is 94.6 cm³/mol. The van der Waals surface area contributed by atoms with Gasteiger partial charge >= 0.3 is 5.97 Å². The fourth-order valence-corrected chi connectivity index (χ4v) is 2.92. The van der Waals surface area contributed by atoms with Crippen LogP contribution < -0.4 is 4.74 Å². The van der Waals surface area contributed by atoms with E-state index in [2.05, 4.69) is 4.98 Å². The van der Waals surface area contributed by atoms with Gasteiger partial charge in [0.1, 0.15) is 17.9 Å². The molecule has 0 amide bonds. The third kappa shape index (κ3) is 3.56. The molecule has 0 N–H and O–H groups in total. The molecule has 132 valence electrons. The van der Waals surface area contributed by atoms with Crippen molar-refractivity contribution in [3.63, 3.8) is 0 Å². The highest BCUT2D eigenvalue weighted by atomic mass is 35.5. The lowest BCUT2D eigenvalue weighted by atomic mass is 10.1. The van der Waals surface area contributed by atoms with Gasteiger partial charge in [0.2, 0.25) is 5.89 Å². The number of hydrogen-bond donors (Lipinski definition) is 0. The molecule has 0 saturated heterocycles. The topological polar surface area (TPSA) is 70.8 Å². The van der Waals surface area contributed by atoms with Crippen LogP contribution in [0.1, 0.15) is 17.0 Å². The molecule has 0 radical (unpaired) electrons. The molecule has 0 saturated carbocycles. The van der Waals surface area contributed by atoms with Gasteiger partial charge in [0, 0.05) is 28.3 Å². The Morgan fingerprint density at radius 1 is 1.31 bits per heavy atom. The highest BCUT2D eigenvalue weighted by Crippen LogP contribution is 2.32. The van der Waals surface area contributed by atoms with Gasteiger partial charge in [-0.05, 0) is 24.3 Å². The maximum Gasteiger partial charge on any atom is 0.331 e. The van der Waals surface area contributed by atoms with E-state index in [1.54, 1.807) is 12.1 Å². The summed E-state index contributed by atoms with van der Waals surface area (Å²) in [4.78, 5) is 16.2. The highest BCUT2D eigenvalue weighted by molar-refractivity contribution is 6.30. The summed E-state index contributed by atoms with van der Waals surface area (Å²) in [6.45, 7) is 0.612. The van der Waals surface area contributed by atoms with Crippen LogP contribution in [0.3, 0.4) is 0 Å². The van der Waals surface area contributed by atoms with Crippen LogP contribution in [0.15, 0.2) is 46.9 Å². The molecular weight excluding hydrogens is 358 g/mol. The lowest BCUT2D eigenvalue weighted by molar-refractivity contribution is -0.139. The molecule has 0 spiro atoms. The molecule has 3 aromatic rings. The van der Waals surface area contributed by atoms with Crippen LogP contribution >= 0.6 is 11.6 Å². The maximum absolute atomic E-state index is 12.0. The van der Waals surface area contributed by atoms with Crippen LogP contribution in [0, 0.1) is 0 Å². The van der Waals surface area contributed by atoms with Gasteiger partial charge in [0.25, 0.3) is 0 Å². The molecule has 26 heavy (non-hydrogen) atoms. The molecule has 1 aliphatic heterocycles. The number of oxazole rings is 1. The van der Waals surface area contributed by atoms with Crippen molar-refractivity contribution in [1.29, 1.82) is 0 Å². The van der Waals surface area contributed by atoms with Crippen molar-refractivity contribution in [3.8, 4) is 5.75 Å². The molecule has 0 atom stereocenters. The Morgan fingerprint density at radius 2 is 2.19 bits per heavy atom. The molecule has 0 bridgehead atoms. The second-order valence-electron chi connectivity index (χ2n) is 5.62. The molecule has 2 heterocycles. The number of rotatable bonds is 4. The van der Waals surface area contributed by atoms with Gasteiger partial charge in [-0.1, -0.05) is 23.7 Å². The zero-order valence-electron chi connectivity index (χ0n) is 13.6. The number of carbonyl (C=O) groups excluding carboxylic acids is 1. The molecule has 1 aliphatic rings. The highest BCUT2D eigenvalue weighted by Gasteiger charge is 2.17. The van der Waals surface area contributed by atoms with Crippen molar-refractivity contribution < 1.29 is 23.4 Å². The molecule has 0 fully saturated rings. The Hall–Kier alpha value is -2.83. The fraction of sp³-hybridized carbons (Fsp3) is 0.158. The predicted octanol–water partition coefficient (Wildman–Crippen LogP) is 4.10. The van der Waals surface area contributed by atoms with Crippen LogP contribution in [-0.2, 0) is 27.5 Å². The summed E-state index contributed by atoms with van der Waals surface area (Å²) < 4.78 is 21.5. The number of fused-ring (bicyclic) bond motifs is 2. The molecule has 7 heteroatoms. The number of benzene rings is 2. The molecule has 0 aliphatic carbocycles. The first-order chi connectivity index (χ1) is 12.7. The summed E-state index contributed by atoms with van der Waals surface area (Å²) in [5.74, 6) is 0.466. The number of carbonyl (C=O) groups is 1. The first-order valence-electron chi connectivity index (χ1n) is 7.91. The molecular formula is C19H14ClNO5. The first kappa shape index (κ1) is 16.6. The third-order valence-corrected chi connectivity index (χ3v) is 4.01. The zero-order valence-corrected chi connectivity index (χ0v) is 14.4. The summed E-state index contributed by atoms with van der Waals surface area (Å²) >= 11 is 6.09. The lowest BCUT2D eigenvalue weighted by Crippen LogP contribution is -2.14. The van der Waals surface area contributed by atoms with Gasteiger partial charge < -0.3 is 18.6 Å². The van der Waals surface area contributed by atoms with Crippen molar-refractivity contribution in [1.82, 2.24) is 4.98 Å². The van der Waals surface area contributed by atoms with Crippen molar-refractivity contribution in [2.75, 3.05) is 6.79 Å². The smallest absolute Gasteiger partial charge is 0.331 e. The van der Waals surface area contributed by atoms with Crippen molar-refractivity contribution in [3.05, 3.63) is 64.5 Å². The summed E-state index contributed by atoms with van der Waals surface area (Å²) in [7, 11) is 0. The summed E-state index contributed by atoms with van der Waals surface area (Å²) in [5, 5.41) is 0.533. The average Bonchev–Trinajstić information content (AvgIpc) is 3.07. The Bertz CT molecular complexity index is 962. The Balaban J connectivity index is 1.43. The largest absolute Gasteiger partial charge is 0.467 e. The van der Waals surface area contributed by atoms with Crippen LogP contribution in [0.5, 0.6) is 5.75 Å². The minimum absolute atomic E-state index is 0.0413. The van der Waals surface area contributed by atoms with Crippen LogP contribution in [0.4, 0.5) is 0 Å². The van der Waals surface area contributed by atoms with Crippen LogP contribution in [-0.4, -0.2) is 17.7 Å². The van der Waals surface area contributed by atoms with E-state index in [0.29, 0.717) is 34.4 Å². The van der Waals surface area contributed by atoms with E-state index in [-0.39, 0.29) is 13.4 Å². The monoisotopic (exact) mass is 371 g/mol. The Labute approximate surface area is 153 Å². The molecule has 0 unspecified atom stereocenters. The van der Waals surface area contributed by atoms with E-state index in [1.807, 2.05) is 24.3 Å². The lowest BCUT2D eigenvalue weighted by Gasteiger charge is -2.20. The normalized spacial score (nSPS) is 13.6. The van der Waals surface area contributed by atoms with E-state index in [4.69, 9.17) is 30.2 Å². The third-order valence-electron chi connectivity index (χ3n) is 3.79. The van der Waals surface area contributed by atoms with Gasteiger partial charge in [-0.3, -0.25) is 0 Å². The van der Waals surface area contributed by atoms with E-state index < -0.39 is 5.97 Å². The second-order valence-corrected chi connectivity index (χ2v) is 6.06. The molecule has 6 nitrogen and oxygen atoms in total. The fourth-order valence-electron chi connectivity index (χ4n) is 2.66. The summed E-state index contributed by atoms with van der Waals surface area (Å²) in [5.41, 5.74) is 2.91. The van der Waals surface area contributed by atoms with E-state index >= 15 is 0 Å². The summed E-state index contributed by atoms with van der Waals surface area (Å²) in [6, 6.07) is 10.8. The van der Waals surface area contributed by atoms with E-state index in [9.17, 15) is 4.79 Å². The van der Waals surface area contributed by atoms with Crippen molar-refractivity contribution in [2.24, 2.45) is 0 Å². The van der Waals surface area contributed by atoms with Gasteiger partial charge in [0.05, 0.1) is 6.61 Å². The van der Waals surface area contributed by atoms with Crippen molar-refractivity contribution in [2.45, 2.75) is 13.2 Å². The number of ether oxygens (including phenoxy) is 3. The molecule has 4 rings (SSSR count). The van der Waals surface area contributed by atoms with E-state index in [1.165, 1.54) is 12.2 Å². The van der Waals surface area contributed by atoms with Crippen molar-refractivity contribution >= 4 is 34.7 Å². The van der Waals surface area contributed by atoms with Gasteiger partial charge in [-0.2, -0.15) is 0 Å². The number of para-hydroxylation sites is 2. The minimum Gasteiger partial charge on any atom is -0.467 e. The van der Waals surface area contributed by atoms with Crippen LogP contribution in [0.25, 0.3) is 17.2 Å². The quantitative estimate of drug-likeness (QED) is 0.508. The first-order valence-corrected chi connectivity index (χ1v) is 8.29. The number of nitrogens with zero attached hydrogens (tertiary/aromatic N) is 1. The number of hydrogen-bond acceptors (Lipinski definition) is 6. The molecule has 2 aromatic carbocycles. The summed E-state index contributed by atoms with van der Waals surface area (Å²) in [6.07, 6.45) is 2.74. The number of halogens is 1. The number of aromatic nitrogens is 1. The van der Waals surface area contributed by atoms with Gasteiger partial charge in [0.15, 0.2) is 12.4 Å². The second kappa shape index (κ2) is 7.19. The SMILES string of the molecule is O=C(/C=C/c1nc2ccccc2o1)OCc1cc(Cl)cc2c1OCOC2. The van der Waals surface area contributed by atoms with Gasteiger partial charge in [-0.15, -0.1) is 0 Å². The van der Waals surface area contributed by atoms with Crippen LogP contribution in [0.2, 0.25) is 5.02 Å². The maximum atomic E-state index is 12.0. The molecule has 1 aromatic heterocycles. The average molecular weight is 372 g/mol. The minimum atomic E-state index is -0.520. The standard InChI is InChI=1S/C19H14ClNO5/c20-14-7-12-9-23-11-25-19(12)13(8-14)10-24-18(22)6-5-17-21-15-3-1-2-4-16(15)26-17/h1-8H,9-11H2/b6-5+. The number of esters is 1. The Kier molecular flexibility index (Phi) is 4.60. The van der Waals surface area contributed by atoms with E-state index in [0.717, 1.165) is 11.1 Å². The Morgan fingerprint density at radius 3 is 3.08 bits per heavy atom.